The third-order valence-corrected chi connectivity index (χ3v) is 16.7. The van der Waals surface area contributed by atoms with Gasteiger partial charge in [0.25, 0.3) is 0 Å². The Kier molecular flexibility index (Phi) is 66.4. The van der Waals surface area contributed by atoms with Gasteiger partial charge in [-0.15, -0.1) is 0 Å². The lowest BCUT2D eigenvalue weighted by Gasteiger charge is -2.20. The number of unbranched alkanes of at least 4 members (excludes halogenated alkanes) is 54. The third-order valence-electron chi connectivity index (χ3n) is 16.7. The molecule has 462 valence electrons. The summed E-state index contributed by atoms with van der Waals surface area (Å²) in [6, 6.07) is -0.622. The zero-order chi connectivity index (χ0) is 56.4. The van der Waals surface area contributed by atoms with Crippen LogP contribution in [-0.2, 0) is 14.3 Å². The Morgan fingerprint density at radius 3 is 0.910 bits per heavy atom. The third kappa shape index (κ3) is 63.5. The summed E-state index contributed by atoms with van der Waals surface area (Å²) in [4.78, 5) is 24.4. The molecule has 2 unspecified atom stereocenters. The van der Waals surface area contributed by atoms with E-state index in [9.17, 15) is 19.8 Å². The monoisotopic (exact) mass is 1100 g/mol. The minimum Gasteiger partial charge on any atom is -0.466 e. The van der Waals surface area contributed by atoms with Gasteiger partial charge in [-0.3, -0.25) is 9.59 Å². The average molecular weight is 1100 g/mol. The molecule has 0 saturated carbocycles. The van der Waals surface area contributed by atoms with Crippen LogP contribution < -0.4 is 5.32 Å². The van der Waals surface area contributed by atoms with Crippen LogP contribution in [0.4, 0.5) is 0 Å². The Bertz CT molecular complexity index is 1220. The quantitative estimate of drug-likeness (QED) is 0.0320. The van der Waals surface area contributed by atoms with E-state index in [4.69, 9.17) is 4.74 Å². The molecular formula is C72H139NO5. The number of allylic oxidation sites excluding steroid dienone is 3. The number of esters is 1. The van der Waals surface area contributed by atoms with Crippen LogP contribution in [0.1, 0.15) is 399 Å². The first-order valence-corrected chi connectivity index (χ1v) is 35.6. The minimum atomic E-state index is -0.839. The van der Waals surface area contributed by atoms with Crippen LogP contribution in [-0.4, -0.2) is 47.4 Å². The Morgan fingerprint density at radius 1 is 0.346 bits per heavy atom. The fourth-order valence-electron chi connectivity index (χ4n) is 11.3. The second-order valence-corrected chi connectivity index (χ2v) is 24.6. The van der Waals surface area contributed by atoms with Crippen LogP contribution in [0, 0.1) is 0 Å². The lowest BCUT2D eigenvalue weighted by atomic mass is 10.0. The van der Waals surface area contributed by atoms with Gasteiger partial charge in [-0.1, -0.05) is 353 Å². The first-order chi connectivity index (χ1) is 38.5. The summed E-state index contributed by atoms with van der Waals surface area (Å²) in [6.45, 7) is 4.92. The van der Waals surface area contributed by atoms with Crippen molar-refractivity contribution >= 4 is 11.9 Å². The van der Waals surface area contributed by atoms with E-state index in [0.717, 1.165) is 38.5 Å². The van der Waals surface area contributed by atoms with Crippen molar-refractivity contribution in [1.82, 2.24) is 5.32 Å². The largest absolute Gasteiger partial charge is 0.466 e. The van der Waals surface area contributed by atoms with Crippen molar-refractivity contribution in [3.8, 4) is 0 Å². The van der Waals surface area contributed by atoms with Gasteiger partial charge in [-0.05, 0) is 57.8 Å². The van der Waals surface area contributed by atoms with Gasteiger partial charge in [0.05, 0.1) is 25.4 Å². The van der Waals surface area contributed by atoms with Gasteiger partial charge >= 0.3 is 5.97 Å². The maximum Gasteiger partial charge on any atom is 0.305 e. The Morgan fingerprint density at radius 2 is 0.603 bits per heavy atom. The van der Waals surface area contributed by atoms with Crippen molar-refractivity contribution < 1.29 is 24.5 Å². The minimum absolute atomic E-state index is 0.0224. The molecule has 0 aliphatic heterocycles. The van der Waals surface area contributed by atoms with E-state index in [0.29, 0.717) is 19.4 Å². The molecule has 0 fully saturated rings. The van der Waals surface area contributed by atoms with Crippen LogP contribution in [0.2, 0.25) is 0 Å². The maximum absolute atomic E-state index is 12.4. The summed E-state index contributed by atoms with van der Waals surface area (Å²) in [5, 5.41) is 23.1. The highest BCUT2D eigenvalue weighted by Gasteiger charge is 2.18. The van der Waals surface area contributed by atoms with Crippen LogP contribution >= 0.6 is 0 Å². The number of aliphatic hydroxyl groups excluding tert-OH is 2. The zero-order valence-corrected chi connectivity index (χ0v) is 52.9. The molecule has 0 aromatic rings. The number of aliphatic hydroxyl groups is 2. The van der Waals surface area contributed by atoms with Gasteiger partial charge in [0, 0.05) is 12.8 Å². The number of ether oxygens (including phenoxy) is 1. The predicted octanol–water partition coefficient (Wildman–Crippen LogP) is 22.9. The van der Waals surface area contributed by atoms with E-state index in [1.54, 1.807) is 6.08 Å². The van der Waals surface area contributed by atoms with Crippen LogP contribution in [0.5, 0.6) is 0 Å². The van der Waals surface area contributed by atoms with Crippen molar-refractivity contribution in [2.75, 3.05) is 13.2 Å². The summed E-state index contributed by atoms with van der Waals surface area (Å²) in [7, 11) is 0. The fourth-order valence-corrected chi connectivity index (χ4v) is 11.3. The molecule has 0 heterocycles. The fraction of sp³-hybridized carbons (Fsp3) is 0.917. The van der Waals surface area contributed by atoms with Crippen molar-refractivity contribution in [3.05, 3.63) is 24.3 Å². The van der Waals surface area contributed by atoms with Gasteiger partial charge in [-0.25, -0.2) is 0 Å². The Balaban J connectivity index is 3.31. The first-order valence-electron chi connectivity index (χ1n) is 35.6. The van der Waals surface area contributed by atoms with E-state index >= 15 is 0 Å². The number of hydrogen-bond donors (Lipinski definition) is 3. The van der Waals surface area contributed by atoms with Crippen LogP contribution in [0.3, 0.4) is 0 Å². The summed E-state index contributed by atoms with van der Waals surface area (Å²) in [5.41, 5.74) is 0. The molecule has 0 aromatic heterocycles. The van der Waals surface area contributed by atoms with Gasteiger partial charge in [0.15, 0.2) is 0 Å². The number of amides is 1. The van der Waals surface area contributed by atoms with E-state index in [2.05, 4.69) is 31.3 Å². The highest BCUT2D eigenvalue weighted by atomic mass is 16.5. The molecule has 0 saturated heterocycles. The average Bonchev–Trinajstić information content (AvgIpc) is 3.44. The summed E-state index contributed by atoms with van der Waals surface area (Å²) >= 11 is 0. The molecule has 0 aromatic carbocycles. The SMILES string of the molecule is CCCCCCCCCCC/C=C/C(O)C(CO)NC(=O)CCCCCCCCCCCCCCCCCCC/C=C\CCCCCCCCCCCCCCCCCCCCOC(=O)CCCCCCCCCCCCC. The number of nitrogens with one attached hydrogen (secondary N) is 1. The molecule has 2 atom stereocenters. The highest BCUT2D eigenvalue weighted by Crippen LogP contribution is 2.19. The van der Waals surface area contributed by atoms with Gasteiger partial charge in [0.2, 0.25) is 5.91 Å². The first kappa shape index (κ1) is 76.3. The molecule has 0 spiro atoms. The van der Waals surface area contributed by atoms with Crippen molar-refractivity contribution in [2.24, 2.45) is 0 Å². The number of rotatable bonds is 67. The normalized spacial score (nSPS) is 12.6. The lowest BCUT2D eigenvalue weighted by Crippen LogP contribution is -2.45. The number of hydrogen-bond acceptors (Lipinski definition) is 5. The molecule has 0 bridgehead atoms. The molecule has 3 N–H and O–H groups in total. The molecule has 0 radical (unpaired) electrons. The van der Waals surface area contributed by atoms with Crippen molar-refractivity contribution in [3.63, 3.8) is 0 Å². The molecule has 0 rings (SSSR count). The van der Waals surface area contributed by atoms with E-state index in [-0.39, 0.29) is 18.5 Å². The second-order valence-electron chi connectivity index (χ2n) is 24.6. The molecular weight excluding hydrogens is 959 g/mol. The smallest absolute Gasteiger partial charge is 0.305 e. The van der Waals surface area contributed by atoms with Crippen molar-refractivity contribution in [2.45, 2.75) is 411 Å². The molecule has 6 nitrogen and oxygen atoms in total. The van der Waals surface area contributed by atoms with Gasteiger partial charge in [0.1, 0.15) is 0 Å². The maximum atomic E-state index is 12.4. The summed E-state index contributed by atoms with van der Waals surface area (Å²) in [5.74, 6) is -0.0408. The van der Waals surface area contributed by atoms with Gasteiger partial charge < -0.3 is 20.3 Å². The van der Waals surface area contributed by atoms with E-state index < -0.39 is 12.1 Å². The van der Waals surface area contributed by atoms with E-state index in [1.165, 1.54) is 334 Å². The van der Waals surface area contributed by atoms with Gasteiger partial charge in [-0.2, -0.15) is 0 Å². The lowest BCUT2D eigenvalue weighted by molar-refractivity contribution is -0.143. The number of carbonyl (C=O) groups excluding carboxylic acids is 2. The second kappa shape index (κ2) is 67.8. The Labute approximate surface area is 488 Å². The topological polar surface area (TPSA) is 95.9 Å². The summed E-state index contributed by atoms with van der Waals surface area (Å²) in [6.07, 6.45) is 85.8. The molecule has 78 heavy (non-hydrogen) atoms. The molecule has 0 aliphatic carbocycles. The van der Waals surface area contributed by atoms with Crippen LogP contribution in [0.15, 0.2) is 24.3 Å². The van der Waals surface area contributed by atoms with Crippen LogP contribution in [0.25, 0.3) is 0 Å². The van der Waals surface area contributed by atoms with E-state index in [1.807, 2.05) is 6.08 Å². The zero-order valence-electron chi connectivity index (χ0n) is 52.9. The molecule has 1 amide bonds. The molecule has 6 heteroatoms. The predicted molar refractivity (Wildman–Crippen MR) is 343 cm³/mol. The summed E-state index contributed by atoms with van der Waals surface area (Å²) < 4.78 is 5.48. The molecule has 0 aliphatic rings. The number of carbonyl (C=O) groups is 2. The van der Waals surface area contributed by atoms with Crippen molar-refractivity contribution in [1.29, 1.82) is 0 Å². The Hall–Kier alpha value is -1.66. The highest BCUT2D eigenvalue weighted by molar-refractivity contribution is 5.76. The standard InChI is InChI=1S/C72H139NO5/c1-3-5-7-9-11-13-44-48-52-56-60-64-70(75)69(68-74)73-71(76)65-61-57-53-49-46-42-40-38-36-34-32-30-28-26-24-22-20-18-16-15-17-19-21-23-25-27-29-31-33-35-37-39-41-43-47-51-55-59-63-67-78-72(77)66-62-58-54-50-45-14-12-10-8-6-4-2/h15-16,60,64,69-70,74-75H,3-14,17-59,61-63,65-68H2,1-2H3,(H,73,76)/b16-15-,64-60+.